The highest BCUT2D eigenvalue weighted by atomic mass is 79.9. The molecule has 0 atom stereocenters. The van der Waals surface area contributed by atoms with Gasteiger partial charge in [-0.05, 0) is 45.8 Å². The summed E-state index contributed by atoms with van der Waals surface area (Å²) >= 11 is 3.21. The maximum atomic E-state index is 12.4. The van der Waals surface area contributed by atoms with Crippen molar-refractivity contribution in [1.29, 1.82) is 0 Å². The average molecular weight is 333 g/mol. The van der Waals surface area contributed by atoms with E-state index in [9.17, 15) is 15.0 Å². The standard InChI is InChI=1S/C15H9BrO4/c16-12-5-8(1-4-13(12)18)11-7-20-14-6-9(17)2-3-10(14)15(11)19/h1-7,17-18H. The number of phenolic OH excluding ortho intramolecular Hbond substituents is 2. The average Bonchev–Trinajstić information content (AvgIpc) is 2.42. The fourth-order valence-electron chi connectivity index (χ4n) is 1.99. The monoisotopic (exact) mass is 332 g/mol. The van der Waals surface area contributed by atoms with Gasteiger partial charge in [0.05, 0.1) is 15.4 Å². The third kappa shape index (κ3) is 2.06. The van der Waals surface area contributed by atoms with Gasteiger partial charge in [-0.1, -0.05) is 6.07 Å². The van der Waals surface area contributed by atoms with E-state index in [2.05, 4.69) is 15.9 Å². The van der Waals surface area contributed by atoms with Crippen molar-refractivity contribution in [2.75, 3.05) is 0 Å². The fourth-order valence-corrected chi connectivity index (χ4v) is 2.37. The Hall–Kier alpha value is -2.27. The third-order valence-corrected chi connectivity index (χ3v) is 3.65. The summed E-state index contributed by atoms with van der Waals surface area (Å²) in [5.41, 5.74) is 1.17. The Morgan fingerprint density at radius 2 is 1.85 bits per heavy atom. The third-order valence-electron chi connectivity index (χ3n) is 3.02. The summed E-state index contributed by atoms with van der Waals surface area (Å²) in [7, 11) is 0. The second-order valence-electron chi connectivity index (χ2n) is 4.33. The van der Waals surface area contributed by atoms with Crippen molar-refractivity contribution < 1.29 is 14.6 Å². The Labute approximate surface area is 122 Å². The molecular weight excluding hydrogens is 324 g/mol. The first-order chi connectivity index (χ1) is 9.56. The van der Waals surface area contributed by atoms with Crippen LogP contribution in [0.5, 0.6) is 11.5 Å². The molecule has 0 spiro atoms. The van der Waals surface area contributed by atoms with Gasteiger partial charge in [0.2, 0.25) is 0 Å². The normalized spacial score (nSPS) is 10.8. The number of aromatic hydroxyl groups is 2. The van der Waals surface area contributed by atoms with Crippen molar-refractivity contribution in [1.82, 2.24) is 0 Å². The van der Waals surface area contributed by atoms with Crippen molar-refractivity contribution in [3.8, 4) is 22.6 Å². The molecule has 1 heterocycles. The zero-order valence-electron chi connectivity index (χ0n) is 10.1. The molecule has 1 aromatic heterocycles. The van der Waals surface area contributed by atoms with E-state index < -0.39 is 0 Å². The first-order valence-electron chi connectivity index (χ1n) is 5.79. The number of phenols is 2. The summed E-state index contributed by atoms with van der Waals surface area (Å²) in [4.78, 5) is 12.4. The molecule has 2 N–H and O–H groups in total. The largest absolute Gasteiger partial charge is 0.508 e. The van der Waals surface area contributed by atoms with Crippen molar-refractivity contribution in [2.45, 2.75) is 0 Å². The van der Waals surface area contributed by atoms with Gasteiger partial charge in [-0.15, -0.1) is 0 Å². The molecule has 0 saturated carbocycles. The Morgan fingerprint density at radius 1 is 1.05 bits per heavy atom. The molecule has 20 heavy (non-hydrogen) atoms. The summed E-state index contributed by atoms with van der Waals surface area (Å²) < 4.78 is 5.89. The lowest BCUT2D eigenvalue weighted by Crippen LogP contribution is -2.04. The Balaban J connectivity index is 2.27. The number of benzene rings is 2. The van der Waals surface area contributed by atoms with Crippen molar-refractivity contribution in [3.63, 3.8) is 0 Å². The van der Waals surface area contributed by atoms with Gasteiger partial charge in [0, 0.05) is 6.07 Å². The van der Waals surface area contributed by atoms with Gasteiger partial charge < -0.3 is 14.6 Å². The predicted octanol–water partition coefficient (Wildman–Crippen LogP) is 3.63. The molecule has 0 fully saturated rings. The van der Waals surface area contributed by atoms with Crippen LogP contribution in [0.25, 0.3) is 22.1 Å². The van der Waals surface area contributed by atoms with Crippen molar-refractivity contribution in [2.24, 2.45) is 0 Å². The van der Waals surface area contributed by atoms with E-state index in [0.29, 0.717) is 26.6 Å². The van der Waals surface area contributed by atoms with Crippen molar-refractivity contribution >= 4 is 26.9 Å². The van der Waals surface area contributed by atoms with Gasteiger partial charge in [-0.25, -0.2) is 0 Å². The lowest BCUT2D eigenvalue weighted by Gasteiger charge is -2.04. The number of halogens is 1. The first-order valence-corrected chi connectivity index (χ1v) is 6.59. The van der Waals surface area contributed by atoms with Crippen LogP contribution in [0.3, 0.4) is 0 Å². The minimum Gasteiger partial charge on any atom is -0.508 e. The van der Waals surface area contributed by atoms with E-state index >= 15 is 0 Å². The highest BCUT2D eigenvalue weighted by molar-refractivity contribution is 9.10. The SMILES string of the molecule is O=c1c(-c2ccc(O)c(Br)c2)coc2cc(O)ccc12. The zero-order chi connectivity index (χ0) is 14.3. The minimum atomic E-state index is -0.191. The summed E-state index contributed by atoms with van der Waals surface area (Å²) in [6, 6.07) is 9.14. The van der Waals surface area contributed by atoms with Gasteiger partial charge in [0.25, 0.3) is 0 Å². The molecule has 100 valence electrons. The maximum Gasteiger partial charge on any atom is 0.200 e. The van der Waals surface area contributed by atoms with E-state index in [-0.39, 0.29) is 16.9 Å². The topological polar surface area (TPSA) is 70.7 Å². The van der Waals surface area contributed by atoms with Crippen LogP contribution in [-0.2, 0) is 0 Å². The number of rotatable bonds is 1. The molecule has 0 bridgehead atoms. The number of hydrogen-bond donors (Lipinski definition) is 2. The van der Waals surface area contributed by atoms with Crippen LogP contribution >= 0.6 is 15.9 Å². The molecule has 3 rings (SSSR count). The lowest BCUT2D eigenvalue weighted by atomic mass is 10.1. The van der Waals surface area contributed by atoms with E-state index in [4.69, 9.17) is 4.42 Å². The molecule has 5 heteroatoms. The van der Waals surface area contributed by atoms with Crippen LogP contribution in [0.2, 0.25) is 0 Å². The molecule has 0 saturated heterocycles. The van der Waals surface area contributed by atoms with Gasteiger partial charge in [0.15, 0.2) is 5.43 Å². The van der Waals surface area contributed by atoms with Gasteiger partial charge >= 0.3 is 0 Å². The Morgan fingerprint density at radius 3 is 2.60 bits per heavy atom. The zero-order valence-corrected chi connectivity index (χ0v) is 11.7. The molecule has 0 aliphatic carbocycles. The molecule has 2 aromatic carbocycles. The van der Waals surface area contributed by atoms with Crippen LogP contribution in [0, 0.1) is 0 Å². The molecule has 4 nitrogen and oxygen atoms in total. The van der Waals surface area contributed by atoms with Crippen LogP contribution < -0.4 is 5.43 Å². The van der Waals surface area contributed by atoms with Crippen LogP contribution in [-0.4, -0.2) is 10.2 Å². The van der Waals surface area contributed by atoms with E-state index in [1.54, 1.807) is 12.1 Å². The molecule has 0 unspecified atom stereocenters. The summed E-state index contributed by atoms with van der Waals surface area (Å²) in [5, 5.41) is 19.3. The summed E-state index contributed by atoms with van der Waals surface area (Å²) in [6.45, 7) is 0. The second kappa shape index (κ2) is 4.68. The molecule has 0 radical (unpaired) electrons. The molecule has 3 aromatic rings. The Kier molecular flexibility index (Phi) is 2.99. The fraction of sp³-hybridized carbons (Fsp3) is 0. The minimum absolute atomic E-state index is 0.0424. The first kappa shape index (κ1) is 12.7. The van der Waals surface area contributed by atoms with Crippen LogP contribution in [0.4, 0.5) is 0 Å². The highest BCUT2D eigenvalue weighted by Gasteiger charge is 2.11. The van der Waals surface area contributed by atoms with Gasteiger partial charge in [-0.3, -0.25) is 4.79 Å². The highest BCUT2D eigenvalue weighted by Crippen LogP contribution is 2.29. The van der Waals surface area contributed by atoms with Crippen LogP contribution in [0.1, 0.15) is 0 Å². The predicted molar refractivity (Wildman–Crippen MR) is 78.9 cm³/mol. The molecule has 0 aliphatic heterocycles. The maximum absolute atomic E-state index is 12.4. The Bertz CT molecular complexity index is 867. The molecule has 0 aliphatic rings. The molecule has 0 amide bonds. The van der Waals surface area contributed by atoms with Crippen molar-refractivity contribution in [3.05, 3.63) is 57.4 Å². The quantitative estimate of drug-likeness (QED) is 0.713. The number of fused-ring (bicyclic) bond motifs is 1. The van der Waals surface area contributed by atoms with E-state index in [0.717, 1.165) is 0 Å². The van der Waals surface area contributed by atoms with Crippen LogP contribution in [0.15, 0.2) is 56.3 Å². The van der Waals surface area contributed by atoms with Gasteiger partial charge in [-0.2, -0.15) is 0 Å². The lowest BCUT2D eigenvalue weighted by molar-refractivity contribution is 0.471. The van der Waals surface area contributed by atoms with E-state index in [1.165, 1.54) is 30.5 Å². The smallest absolute Gasteiger partial charge is 0.200 e. The van der Waals surface area contributed by atoms with E-state index in [1.807, 2.05) is 0 Å². The summed E-state index contributed by atoms with van der Waals surface area (Å²) in [6.07, 6.45) is 1.35. The number of hydrogen-bond acceptors (Lipinski definition) is 4. The van der Waals surface area contributed by atoms with Gasteiger partial charge in [0.1, 0.15) is 23.3 Å². The second-order valence-corrected chi connectivity index (χ2v) is 5.18. The summed E-state index contributed by atoms with van der Waals surface area (Å²) in [5.74, 6) is 0.143. The molecular formula is C15H9BrO4.